The van der Waals surface area contributed by atoms with Gasteiger partial charge >= 0.3 is 13.8 Å². The molecule has 0 radical (unpaired) electrons. The number of esters is 1. The molecule has 0 aliphatic rings. The zero-order valence-electron chi connectivity index (χ0n) is 9.13. The van der Waals surface area contributed by atoms with Crippen LogP contribution in [0.3, 0.4) is 0 Å². The average molecular weight is 240 g/mol. The molecular formula is C8H17O6P. The van der Waals surface area contributed by atoms with E-state index in [1.165, 1.54) is 0 Å². The first-order valence-corrected chi connectivity index (χ1v) is 6.17. The molecule has 15 heavy (non-hydrogen) atoms. The number of carbonyl (C=O) groups excluding carboxylic acids is 1. The van der Waals surface area contributed by atoms with Gasteiger partial charge in [0, 0.05) is 13.5 Å². The summed E-state index contributed by atoms with van der Waals surface area (Å²) >= 11 is 0. The van der Waals surface area contributed by atoms with E-state index in [9.17, 15) is 9.36 Å². The number of phosphoric acid groups is 1. The van der Waals surface area contributed by atoms with E-state index in [-0.39, 0.29) is 19.0 Å². The van der Waals surface area contributed by atoms with Crippen LogP contribution >= 0.6 is 7.82 Å². The van der Waals surface area contributed by atoms with Crippen molar-refractivity contribution < 1.29 is 28.0 Å². The Kier molecular flexibility index (Phi) is 6.76. The lowest BCUT2D eigenvalue weighted by molar-refractivity contribution is -0.150. The number of hydrogen-bond donors (Lipinski definition) is 1. The van der Waals surface area contributed by atoms with E-state index < -0.39 is 13.9 Å². The van der Waals surface area contributed by atoms with Crippen LogP contribution in [0.1, 0.15) is 26.7 Å². The molecular weight excluding hydrogens is 223 g/mol. The lowest BCUT2D eigenvalue weighted by atomic mass is 10.3. The van der Waals surface area contributed by atoms with Crippen molar-refractivity contribution in [1.29, 1.82) is 0 Å². The quantitative estimate of drug-likeness (QED) is 0.536. The first-order chi connectivity index (χ1) is 6.95. The Morgan fingerprint density at radius 3 is 2.47 bits per heavy atom. The van der Waals surface area contributed by atoms with Crippen LogP contribution in [0.5, 0.6) is 0 Å². The second-order valence-electron chi connectivity index (χ2n) is 2.82. The summed E-state index contributed by atoms with van der Waals surface area (Å²) in [5.41, 5.74) is 0. The largest absolute Gasteiger partial charge is 0.472 e. The monoisotopic (exact) mass is 240 g/mol. The van der Waals surface area contributed by atoms with Crippen LogP contribution in [0.25, 0.3) is 0 Å². The summed E-state index contributed by atoms with van der Waals surface area (Å²) in [7, 11) is -2.91. The van der Waals surface area contributed by atoms with Gasteiger partial charge < -0.3 is 9.63 Å². The molecule has 0 bridgehead atoms. The standard InChI is InChI=1S/C8H17O6P/c1-4-7(14-8(9)5-2)6-13-15(10,11)12-3/h7H,4-6H2,1-3H3,(H,10,11). The van der Waals surface area contributed by atoms with Crippen molar-refractivity contribution in [3.63, 3.8) is 0 Å². The predicted octanol–water partition coefficient (Wildman–Crippen LogP) is 1.48. The summed E-state index contributed by atoms with van der Waals surface area (Å²) in [6.07, 6.45) is 0.251. The molecule has 0 aromatic heterocycles. The predicted molar refractivity (Wildman–Crippen MR) is 53.2 cm³/mol. The molecule has 0 heterocycles. The van der Waals surface area contributed by atoms with Gasteiger partial charge in [0.05, 0.1) is 6.61 Å². The van der Waals surface area contributed by atoms with Crippen molar-refractivity contribution in [3.05, 3.63) is 0 Å². The second-order valence-corrected chi connectivity index (χ2v) is 4.38. The van der Waals surface area contributed by atoms with Crippen LogP contribution in [0.4, 0.5) is 0 Å². The summed E-state index contributed by atoms with van der Waals surface area (Å²) in [6, 6.07) is 0. The normalized spacial score (nSPS) is 16.8. The zero-order valence-corrected chi connectivity index (χ0v) is 10.0. The third-order valence-electron chi connectivity index (χ3n) is 1.70. The highest BCUT2D eigenvalue weighted by Crippen LogP contribution is 2.42. The molecule has 0 aromatic rings. The number of rotatable bonds is 7. The summed E-state index contributed by atoms with van der Waals surface area (Å²) in [5, 5.41) is 0. The Morgan fingerprint density at radius 1 is 1.47 bits per heavy atom. The van der Waals surface area contributed by atoms with Gasteiger partial charge in [-0.15, -0.1) is 0 Å². The van der Waals surface area contributed by atoms with Crippen molar-refractivity contribution in [1.82, 2.24) is 0 Å². The summed E-state index contributed by atoms with van der Waals surface area (Å²) in [6.45, 7) is 3.30. The van der Waals surface area contributed by atoms with Gasteiger partial charge in [-0.3, -0.25) is 13.8 Å². The molecule has 90 valence electrons. The van der Waals surface area contributed by atoms with Gasteiger partial charge in [-0.05, 0) is 6.42 Å². The molecule has 0 saturated carbocycles. The van der Waals surface area contributed by atoms with E-state index >= 15 is 0 Å². The van der Waals surface area contributed by atoms with E-state index in [0.717, 1.165) is 7.11 Å². The molecule has 0 saturated heterocycles. The molecule has 0 aliphatic heterocycles. The zero-order chi connectivity index (χ0) is 11.9. The fourth-order valence-corrected chi connectivity index (χ4v) is 1.19. The lowest BCUT2D eigenvalue weighted by Crippen LogP contribution is -2.22. The molecule has 2 atom stereocenters. The first-order valence-electron chi connectivity index (χ1n) is 4.67. The van der Waals surface area contributed by atoms with Gasteiger partial charge in [-0.25, -0.2) is 4.57 Å². The summed E-state index contributed by atoms with van der Waals surface area (Å²) in [5.74, 6) is -0.365. The van der Waals surface area contributed by atoms with E-state index in [1.807, 2.05) is 0 Å². The topological polar surface area (TPSA) is 82.1 Å². The van der Waals surface area contributed by atoms with E-state index in [1.54, 1.807) is 13.8 Å². The smallest absolute Gasteiger partial charge is 0.460 e. The third-order valence-corrected chi connectivity index (χ3v) is 2.63. The fraction of sp³-hybridized carbons (Fsp3) is 0.875. The Hall–Kier alpha value is -0.420. The highest BCUT2D eigenvalue weighted by molar-refractivity contribution is 7.47. The minimum Gasteiger partial charge on any atom is -0.460 e. The molecule has 7 heteroatoms. The van der Waals surface area contributed by atoms with Gasteiger partial charge in [-0.1, -0.05) is 13.8 Å². The SMILES string of the molecule is CCC(=O)OC(CC)COP(=O)(O)OC. The fourth-order valence-electron chi connectivity index (χ4n) is 0.734. The van der Waals surface area contributed by atoms with Crippen molar-refractivity contribution in [2.45, 2.75) is 32.8 Å². The van der Waals surface area contributed by atoms with Crippen LogP contribution in [0.15, 0.2) is 0 Å². The maximum absolute atomic E-state index is 10.9. The van der Waals surface area contributed by atoms with Crippen LogP contribution in [-0.4, -0.2) is 30.7 Å². The maximum atomic E-state index is 10.9. The van der Waals surface area contributed by atoms with Crippen molar-refractivity contribution in [2.75, 3.05) is 13.7 Å². The van der Waals surface area contributed by atoms with Crippen LogP contribution in [0, 0.1) is 0 Å². The second kappa shape index (κ2) is 6.95. The highest BCUT2D eigenvalue weighted by atomic mass is 31.2. The number of carbonyl (C=O) groups is 1. The molecule has 2 unspecified atom stereocenters. The number of hydrogen-bond acceptors (Lipinski definition) is 5. The van der Waals surface area contributed by atoms with E-state index in [2.05, 4.69) is 9.05 Å². The molecule has 0 spiro atoms. The third kappa shape index (κ3) is 6.62. The minimum absolute atomic E-state index is 0.149. The molecule has 0 rings (SSSR count). The Labute approximate surface area is 89.1 Å². The van der Waals surface area contributed by atoms with Crippen LogP contribution in [-0.2, 0) is 23.1 Å². The van der Waals surface area contributed by atoms with Crippen molar-refractivity contribution >= 4 is 13.8 Å². The highest BCUT2D eigenvalue weighted by Gasteiger charge is 2.22. The molecule has 0 aliphatic carbocycles. The average Bonchev–Trinajstić information content (AvgIpc) is 2.23. The molecule has 0 fully saturated rings. The van der Waals surface area contributed by atoms with Crippen molar-refractivity contribution in [3.8, 4) is 0 Å². The molecule has 0 amide bonds. The Balaban J connectivity index is 4.01. The number of ether oxygens (including phenoxy) is 1. The van der Waals surface area contributed by atoms with Gasteiger partial charge in [0.15, 0.2) is 0 Å². The minimum atomic E-state index is -3.98. The number of phosphoric ester groups is 1. The Morgan fingerprint density at radius 2 is 2.07 bits per heavy atom. The molecule has 1 N–H and O–H groups in total. The summed E-state index contributed by atoms with van der Waals surface area (Å²) < 4.78 is 24.7. The van der Waals surface area contributed by atoms with Crippen molar-refractivity contribution in [2.24, 2.45) is 0 Å². The molecule has 6 nitrogen and oxygen atoms in total. The van der Waals surface area contributed by atoms with Gasteiger partial charge in [0.25, 0.3) is 0 Å². The Bertz CT molecular complexity index is 241. The van der Waals surface area contributed by atoms with Crippen LogP contribution < -0.4 is 0 Å². The summed E-state index contributed by atoms with van der Waals surface area (Å²) in [4.78, 5) is 19.9. The van der Waals surface area contributed by atoms with E-state index in [4.69, 9.17) is 9.63 Å². The van der Waals surface area contributed by atoms with E-state index in [0.29, 0.717) is 6.42 Å². The maximum Gasteiger partial charge on any atom is 0.472 e. The van der Waals surface area contributed by atoms with Crippen LogP contribution in [0.2, 0.25) is 0 Å². The first kappa shape index (κ1) is 14.6. The van der Waals surface area contributed by atoms with Gasteiger partial charge in [-0.2, -0.15) is 0 Å². The van der Waals surface area contributed by atoms with Gasteiger partial charge in [0.1, 0.15) is 6.10 Å². The van der Waals surface area contributed by atoms with Gasteiger partial charge in [0.2, 0.25) is 0 Å². The molecule has 0 aromatic carbocycles. The lowest BCUT2D eigenvalue weighted by Gasteiger charge is -2.17.